The van der Waals surface area contributed by atoms with Crippen molar-refractivity contribution in [2.45, 2.75) is 26.3 Å². The van der Waals surface area contributed by atoms with Gasteiger partial charge >= 0.3 is 0 Å². The smallest absolute Gasteiger partial charge is 0.0406 e. The Morgan fingerprint density at radius 3 is 2.47 bits per heavy atom. The molecule has 0 fully saturated rings. The highest BCUT2D eigenvalue weighted by Gasteiger charge is 2.07. The molecule has 0 aliphatic rings. The van der Waals surface area contributed by atoms with Gasteiger partial charge in [-0.25, -0.2) is 0 Å². The largest absolute Gasteiger partial charge is 0.306 e. The van der Waals surface area contributed by atoms with Crippen molar-refractivity contribution < 1.29 is 0 Å². The first kappa shape index (κ1) is 12.3. The maximum Gasteiger partial charge on any atom is 0.0406 e. The normalized spacial score (nSPS) is 12.5. The number of hydrogen-bond donors (Lipinski definition) is 1. The van der Waals surface area contributed by atoms with E-state index in [0.717, 1.165) is 23.6 Å². The first-order valence-electron chi connectivity index (χ1n) is 5.26. The molecule has 0 heterocycles. The van der Waals surface area contributed by atoms with E-state index in [-0.39, 0.29) is 0 Å². The Hall–Kier alpha value is -0.790. The van der Waals surface area contributed by atoms with Gasteiger partial charge in [0.05, 0.1) is 0 Å². The van der Waals surface area contributed by atoms with Crippen LogP contribution in [0.4, 0.5) is 0 Å². The van der Waals surface area contributed by atoms with Crippen LogP contribution < -0.4 is 5.32 Å². The van der Waals surface area contributed by atoms with Crippen LogP contribution >= 0.6 is 11.6 Å². The molecular formula is C13H18ClN. The molecular weight excluding hydrogens is 206 g/mol. The van der Waals surface area contributed by atoms with E-state index in [1.807, 2.05) is 19.1 Å². The molecule has 1 rings (SSSR count). The van der Waals surface area contributed by atoms with E-state index < -0.39 is 0 Å². The molecule has 0 amide bonds. The molecule has 1 N–H and O–H groups in total. The second-order valence-electron chi connectivity index (χ2n) is 3.85. The van der Waals surface area contributed by atoms with Gasteiger partial charge in [0.1, 0.15) is 0 Å². The molecule has 2 heteroatoms. The van der Waals surface area contributed by atoms with E-state index in [1.54, 1.807) is 0 Å². The van der Waals surface area contributed by atoms with E-state index in [0.29, 0.717) is 6.04 Å². The summed E-state index contributed by atoms with van der Waals surface area (Å²) in [6, 6.07) is 8.40. The van der Waals surface area contributed by atoms with E-state index >= 15 is 0 Å². The van der Waals surface area contributed by atoms with Gasteiger partial charge in [-0.3, -0.25) is 0 Å². The van der Waals surface area contributed by atoms with Gasteiger partial charge in [-0.05, 0) is 31.0 Å². The van der Waals surface area contributed by atoms with Crippen molar-refractivity contribution >= 4 is 11.6 Å². The summed E-state index contributed by atoms with van der Waals surface area (Å²) in [6.45, 7) is 8.95. The Morgan fingerprint density at radius 1 is 1.40 bits per heavy atom. The summed E-state index contributed by atoms with van der Waals surface area (Å²) in [5, 5.41) is 4.25. The highest BCUT2D eigenvalue weighted by molar-refractivity contribution is 6.30. The van der Waals surface area contributed by atoms with Crippen LogP contribution in [0, 0.1) is 0 Å². The van der Waals surface area contributed by atoms with Crippen molar-refractivity contribution in [3.05, 3.63) is 47.0 Å². The van der Waals surface area contributed by atoms with Gasteiger partial charge in [0.2, 0.25) is 0 Å². The molecule has 0 saturated carbocycles. The Labute approximate surface area is 97.1 Å². The van der Waals surface area contributed by atoms with Gasteiger partial charge in [0, 0.05) is 17.6 Å². The molecule has 1 aromatic rings. The maximum absolute atomic E-state index is 5.85. The molecule has 82 valence electrons. The second kappa shape index (κ2) is 5.94. The standard InChI is InChI=1S/C13H18ClN/c1-4-13(15-9-10(2)3)11-5-7-12(14)8-6-11/h5-8,13,15H,2,4,9H2,1,3H3/t13-/m0/s1. The number of rotatable bonds is 5. The monoisotopic (exact) mass is 223 g/mol. The minimum atomic E-state index is 0.388. The van der Waals surface area contributed by atoms with E-state index in [4.69, 9.17) is 11.6 Å². The first-order chi connectivity index (χ1) is 7.13. The number of halogens is 1. The first-order valence-corrected chi connectivity index (χ1v) is 5.64. The molecule has 1 aromatic carbocycles. The number of hydrogen-bond acceptors (Lipinski definition) is 1. The lowest BCUT2D eigenvalue weighted by molar-refractivity contribution is 0.544. The van der Waals surface area contributed by atoms with E-state index in [9.17, 15) is 0 Å². The molecule has 15 heavy (non-hydrogen) atoms. The molecule has 1 nitrogen and oxygen atoms in total. The Kier molecular flexibility index (Phi) is 4.86. The molecule has 0 aliphatic heterocycles. The average molecular weight is 224 g/mol. The lowest BCUT2D eigenvalue weighted by Gasteiger charge is -2.17. The third-order valence-electron chi connectivity index (χ3n) is 2.33. The SMILES string of the molecule is C=C(C)CN[C@@H](CC)c1ccc(Cl)cc1. The Bertz CT molecular complexity index is 316. The topological polar surface area (TPSA) is 12.0 Å². The minimum Gasteiger partial charge on any atom is -0.306 e. The Balaban J connectivity index is 2.65. The predicted octanol–water partition coefficient (Wildman–Crippen LogP) is 3.96. The summed E-state index contributed by atoms with van der Waals surface area (Å²) >= 11 is 5.85. The summed E-state index contributed by atoms with van der Waals surface area (Å²) in [5.74, 6) is 0. The molecule has 0 radical (unpaired) electrons. The van der Waals surface area contributed by atoms with Gasteiger partial charge in [0.25, 0.3) is 0 Å². The van der Waals surface area contributed by atoms with Crippen LogP contribution in [-0.4, -0.2) is 6.54 Å². The highest BCUT2D eigenvalue weighted by Crippen LogP contribution is 2.19. The molecule has 0 bridgehead atoms. The van der Waals surface area contributed by atoms with Crippen molar-refractivity contribution in [1.82, 2.24) is 5.32 Å². The van der Waals surface area contributed by atoms with Crippen LogP contribution in [-0.2, 0) is 0 Å². The van der Waals surface area contributed by atoms with Crippen LogP contribution in [0.2, 0.25) is 5.02 Å². The van der Waals surface area contributed by atoms with Crippen molar-refractivity contribution in [3.8, 4) is 0 Å². The quantitative estimate of drug-likeness (QED) is 0.746. The summed E-state index contributed by atoms with van der Waals surface area (Å²) < 4.78 is 0. The van der Waals surface area contributed by atoms with Crippen molar-refractivity contribution in [3.63, 3.8) is 0 Å². The van der Waals surface area contributed by atoms with Gasteiger partial charge < -0.3 is 5.32 Å². The van der Waals surface area contributed by atoms with Crippen LogP contribution in [0.25, 0.3) is 0 Å². The fraction of sp³-hybridized carbons (Fsp3) is 0.385. The van der Waals surface area contributed by atoms with Crippen molar-refractivity contribution in [2.75, 3.05) is 6.54 Å². The van der Waals surface area contributed by atoms with E-state index in [2.05, 4.69) is 31.0 Å². The lowest BCUT2D eigenvalue weighted by Crippen LogP contribution is -2.22. The fourth-order valence-electron chi connectivity index (χ4n) is 1.49. The van der Waals surface area contributed by atoms with Crippen molar-refractivity contribution in [2.24, 2.45) is 0 Å². The van der Waals surface area contributed by atoms with Crippen LogP contribution in [0.5, 0.6) is 0 Å². The zero-order chi connectivity index (χ0) is 11.3. The highest BCUT2D eigenvalue weighted by atomic mass is 35.5. The molecule has 0 saturated heterocycles. The summed E-state index contributed by atoms with van der Waals surface area (Å²) in [4.78, 5) is 0. The molecule has 1 atom stereocenters. The number of benzene rings is 1. The third-order valence-corrected chi connectivity index (χ3v) is 2.58. The predicted molar refractivity (Wildman–Crippen MR) is 67.3 cm³/mol. The van der Waals surface area contributed by atoms with Crippen LogP contribution in [0.3, 0.4) is 0 Å². The molecule has 0 unspecified atom stereocenters. The summed E-state index contributed by atoms with van der Waals surface area (Å²) in [5.41, 5.74) is 2.44. The van der Waals surface area contributed by atoms with Crippen molar-refractivity contribution in [1.29, 1.82) is 0 Å². The fourth-order valence-corrected chi connectivity index (χ4v) is 1.62. The molecule has 0 spiro atoms. The average Bonchev–Trinajstić information content (AvgIpc) is 2.21. The second-order valence-corrected chi connectivity index (χ2v) is 4.29. The van der Waals surface area contributed by atoms with Crippen LogP contribution in [0.15, 0.2) is 36.4 Å². The van der Waals surface area contributed by atoms with Gasteiger partial charge in [-0.1, -0.05) is 42.8 Å². The Morgan fingerprint density at radius 2 is 2.00 bits per heavy atom. The maximum atomic E-state index is 5.85. The lowest BCUT2D eigenvalue weighted by atomic mass is 10.0. The molecule has 0 aliphatic carbocycles. The van der Waals surface area contributed by atoms with Gasteiger partial charge in [-0.2, -0.15) is 0 Å². The van der Waals surface area contributed by atoms with Gasteiger partial charge in [-0.15, -0.1) is 0 Å². The van der Waals surface area contributed by atoms with E-state index in [1.165, 1.54) is 5.56 Å². The van der Waals surface area contributed by atoms with Crippen LogP contribution in [0.1, 0.15) is 31.9 Å². The zero-order valence-electron chi connectivity index (χ0n) is 9.39. The zero-order valence-corrected chi connectivity index (χ0v) is 10.1. The van der Waals surface area contributed by atoms with Gasteiger partial charge in [0.15, 0.2) is 0 Å². The summed E-state index contributed by atoms with van der Waals surface area (Å²) in [7, 11) is 0. The summed E-state index contributed by atoms with van der Waals surface area (Å²) in [6.07, 6.45) is 1.06. The third kappa shape index (κ3) is 4.06. The minimum absolute atomic E-state index is 0.388. The molecule has 0 aromatic heterocycles. The number of nitrogens with one attached hydrogen (secondary N) is 1.